The zero-order valence-corrected chi connectivity index (χ0v) is 16.2. The predicted molar refractivity (Wildman–Crippen MR) is 109 cm³/mol. The second-order valence-electron chi connectivity index (χ2n) is 7.45. The van der Waals surface area contributed by atoms with E-state index in [-0.39, 0.29) is 5.41 Å². The standard InChI is InChI=1S/C23H24N4/c1-23(2,21-13-5-9-17(24-21)19-11-7-15-26(19)3)22-14-6-10-18(25-22)20-12-8-16-27(20)4/h5-16H,1-4H3. The van der Waals surface area contributed by atoms with Crippen molar-refractivity contribution in [2.45, 2.75) is 19.3 Å². The van der Waals surface area contributed by atoms with Crippen molar-refractivity contribution in [3.63, 3.8) is 0 Å². The van der Waals surface area contributed by atoms with Gasteiger partial charge in [-0.1, -0.05) is 12.1 Å². The Hall–Kier alpha value is -3.14. The quantitative estimate of drug-likeness (QED) is 0.526. The summed E-state index contributed by atoms with van der Waals surface area (Å²) >= 11 is 0. The molecule has 0 bridgehead atoms. The van der Waals surface area contributed by atoms with Crippen LogP contribution in [0.2, 0.25) is 0 Å². The van der Waals surface area contributed by atoms with Gasteiger partial charge in [-0.25, -0.2) is 0 Å². The zero-order chi connectivity index (χ0) is 19.0. The van der Waals surface area contributed by atoms with Crippen molar-refractivity contribution >= 4 is 0 Å². The Labute approximate surface area is 160 Å². The molecule has 0 radical (unpaired) electrons. The van der Waals surface area contributed by atoms with Crippen molar-refractivity contribution in [1.29, 1.82) is 0 Å². The second-order valence-corrected chi connectivity index (χ2v) is 7.45. The molecule has 0 aliphatic carbocycles. The Morgan fingerprint density at radius 2 is 1.07 bits per heavy atom. The summed E-state index contributed by atoms with van der Waals surface area (Å²) in [6.45, 7) is 4.36. The molecule has 0 fully saturated rings. The minimum atomic E-state index is -0.303. The fraction of sp³-hybridized carbons (Fsp3) is 0.217. The summed E-state index contributed by atoms with van der Waals surface area (Å²) in [4.78, 5) is 9.94. The van der Waals surface area contributed by atoms with Gasteiger partial charge in [0.15, 0.2) is 0 Å². The lowest BCUT2D eigenvalue weighted by Gasteiger charge is -2.25. The molecule has 0 aliphatic heterocycles. The van der Waals surface area contributed by atoms with Gasteiger partial charge in [0, 0.05) is 31.9 Å². The molecule has 0 amide bonds. The Morgan fingerprint density at radius 3 is 1.44 bits per heavy atom. The lowest BCUT2D eigenvalue weighted by atomic mass is 9.84. The lowest BCUT2D eigenvalue weighted by Crippen LogP contribution is -2.22. The highest BCUT2D eigenvalue weighted by Crippen LogP contribution is 2.31. The van der Waals surface area contributed by atoms with Crippen LogP contribution in [0.15, 0.2) is 73.1 Å². The molecule has 4 heteroatoms. The van der Waals surface area contributed by atoms with E-state index in [1.54, 1.807) is 0 Å². The van der Waals surface area contributed by atoms with Gasteiger partial charge in [0.2, 0.25) is 0 Å². The fourth-order valence-corrected chi connectivity index (χ4v) is 3.44. The van der Waals surface area contributed by atoms with E-state index >= 15 is 0 Å². The van der Waals surface area contributed by atoms with Crippen LogP contribution in [-0.2, 0) is 19.5 Å². The summed E-state index contributed by atoms with van der Waals surface area (Å²) in [5.74, 6) is 0. The van der Waals surface area contributed by atoms with Gasteiger partial charge in [-0.05, 0) is 62.4 Å². The largest absolute Gasteiger partial charge is 0.349 e. The van der Waals surface area contributed by atoms with E-state index in [0.717, 1.165) is 34.2 Å². The Kier molecular flexibility index (Phi) is 4.19. The number of rotatable bonds is 4. The van der Waals surface area contributed by atoms with Crippen LogP contribution >= 0.6 is 0 Å². The van der Waals surface area contributed by atoms with Crippen molar-refractivity contribution in [3.05, 3.63) is 84.4 Å². The third-order valence-electron chi connectivity index (χ3n) is 5.19. The Balaban J connectivity index is 1.76. The SMILES string of the molecule is Cn1cccc1-c1cccc(C(C)(C)c2cccc(-c3cccn3C)n2)n1. The first-order valence-corrected chi connectivity index (χ1v) is 9.15. The van der Waals surface area contributed by atoms with Crippen molar-refractivity contribution < 1.29 is 0 Å². The molecule has 4 rings (SSSR count). The molecule has 4 aromatic rings. The van der Waals surface area contributed by atoms with Gasteiger partial charge in [0.05, 0.1) is 34.2 Å². The highest BCUT2D eigenvalue weighted by Gasteiger charge is 2.27. The van der Waals surface area contributed by atoms with E-state index < -0.39 is 0 Å². The van der Waals surface area contributed by atoms with E-state index in [4.69, 9.17) is 9.97 Å². The van der Waals surface area contributed by atoms with Crippen molar-refractivity contribution in [1.82, 2.24) is 19.1 Å². The highest BCUT2D eigenvalue weighted by molar-refractivity contribution is 5.57. The van der Waals surface area contributed by atoms with E-state index in [1.165, 1.54) is 0 Å². The van der Waals surface area contributed by atoms with Crippen LogP contribution in [0.3, 0.4) is 0 Å². The molecule has 0 aromatic carbocycles. The van der Waals surface area contributed by atoms with Gasteiger partial charge < -0.3 is 9.13 Å². The van der Waals surface area contributed by atoms with Gasteiger partial charge in [0.1, 0.15) is 0 Å². The molecule has 0 saturated heterocycles. The molecule has 4 aromatic heterocycles. The normalized spacial score (nSPS) is 11.7. The first-order chi connectivity index (χ1) is 13.0. The van der Waals surface area contributed by atoms with E-state index in [0.29, 0.717) is 0 Å². The molecule has 0 spiro atoms. The monoisotopic (exact) mass is 356 g/mol. The molecule has 4 heterocycles. The highest BCUT2D eigenvalue weighted by atomic mass is 15.0. The summed E-state index contributed by atoms with van der Waals surface area (Å²) in [6.07, 6.45) is 4.08. The Morgan fingerprint density at radius 1 is 0.630 bits per heavy atom. The van der Waals surface area contributed by atoms with E-state index in [9.17, 15) is 0 Å². The third-order valence-corrected chi connectivity index (χ3v) is 5.19. The fourth-order valence-electron chi connectivity index (χ4n) is 3.44. The van der Waals surface area contributed by atoms with Crippen LogP contribution in [0, 0.1) is 0 Å². The molecule has 0 saturated carbocycles. The number of pyridine rings is 2. The van der Waals surface area contributed by atoms with Crippen LogP contribution in [0.1, 0.15) is 25.2 Å². The second kappa shape index (κ2) is 6.54. The maximum atomic E-state index is 4.97. The van der Waals surface area contributed by atoms with E-state index in [2.05, 4.69) is 71.5 Å². The van der Waals surface area contributed by atoms with Crippen LogP contribution in [0.4, 0.5) is 0 Å². The number of aryl methyl sites for hydroxylation is 2. The number of hydrogen-bond acceptors (Lipinski definition) is 2. The lowest BCUT2D eigenvalue weighted by molar-refractivity contribution is 0.596. The molecule has 4 nitrogen and oxygen atoms in total. The average Bonchev–Trinajstić information content (AvgIpc) is 3.30. The van der Waals surface area contributed by atoms with Gasteiger partial charge in [-0.15, -0.1) is 0 Å². The van der Waals surface area contributed by atoms with Crippen molar-refractivity contribution in [3.8, 4) is 22.8 Å². The molecule has 27 heavy (non-hydrogen) atoms. The molecule has 136 valence electrons. The molecule has 0 atom stereocenters. The van der Waals surface area contributed by atoms with Gasteiger partial charge in [-0.2, -0.15) is 0 Å². The number of aromatic nitrogens is 4. The smallest absolute Gasteiger partial charge is 0.0870 e. The average molecular weight is 356 g/mol. The number of hydrogen-bond donors (Lipinski definition) is 0. The van der Waals surface area contributed by atoms with E-state index in [1.807, 2.05) is 38.6 Å². The van der Waals surface area contributed by atoms with Crippen molar-refractivity contribution in [2.75, 3.05) is 0 Å². The van der Waals surface area contributed by atoms with Crippen LogP contribution < -0.4 is 0 Å². The molecular weight excluding hydrogens is 332 g/mol. The van der Waals surface area contributed by atoms with Gasteiger partial charge in [-0.3, -0.25) is 9.97 Å². The predicted octanol–water partition coefficient (Wildman–Crippen LogP) is 4.81. The third kappa shape index (κ3) is 3.08. The molecule has 0 aliphatic rings. The summed E-state index contributed by atoms with van der Waals surface area (Å²) in [7, 11) is 4.08. The Bertz CT molecular complexity index is 999. The van der Waals surface area contributed by atoms with Crippen molar-refractivity contribution in [2.24, 2.45) is 14.1 Å². The number of nitrogens with zero attached hydrogens (tertiary/aromatic N) is 4. The van der Waals surface area contributed by atoms with Crippen LogP contribution in [0.25, 0.3) is 22.8 Å². The zero-order valence-electron chi connectivity index (χ0n) is 16.2. The maximum Gasteiger partial charge on any atom is 0.0870 e. The molecular formula is C23H24N4. The summed E-state index contributed by atoms with van der Waals surface area (Å²) in [6, 6.07) is 20.7. The molecule has 0 N–H and O–H groups in total. The summed E-state index contributed by atoms with van der Waals surface area (Å²) < 4.78 is 4.18. The minimum absolute atomic E-state index is 0.303. The van der Waals surface area contributed by atoms with Crippen LogP contribution in [0.5, 0.6) is 0 Å². The van der Waals surface area contributed by atoms with Crippen LogP contribution in [-0.4, -0.2) is 19.1 Å². The topological polar surface area (TPSA) is 35.6 Å². The summed E-state index contributed by atoms with van der Waals surface area (Å²) in [5, 5.41) is 0. The first-order valence-electron chi connectivity index (χ1n) is 9.15. The maximum absolute atomic E-state index is 4.97. The first kappa shape index (κ1) is 17.3. The molecule has 0 unspecified atom stereocenters. The summed E-state index contributed by atoms with van der Waals surface area (Å²) in [5.41, 5.74) is 5.90. The minimum Gasteiger partial charge on any atom is -0.349 e. The van der Waals surface area contributed by atoms with Gasteiger partial charge >= 0.3 is 0 Å². The van der Waals surface area contributed by atoms with Gasteiger partial charge in [0.25, 0.3) is 0 Å².